The molecule has 8 heteroatoms. The van der Waals surface area contributed by atoms with Gasteiger partial charge in [-0.2, -0.15) is 13.2 Å². The van der Waals surface area contributed by atoms with Crippen LogP contribution in [0.3, 0.4) is 0 Å². The van der Waals surface area contributed by atoms with E-state index in [1.165, 1.54) is 29.9 Å². The monoisotopic (exact) mass is 278 g/mol. The molecule has 0 aliphatic rings. The minimum atomic E-state index is -4.33. The number of carbonyl (C=O) groups excluding carboxylic acids is 1. The Hall–Kier alpha value is -1.99. The maximum Gasteiger partial charge on any atom is 0.390 e. The molecule has 1 aromatic rings. The van der Waals surface area contributed by atoms with E-state index in [2.05, 4.69) is 0 Å². The third-order valence-corrected chi connectivity index (χ3v) is 2.51. The summed E-state index contributed by atoms with van der Waals surface area (Å²) >= 11 is 0. The maximum absolute atomic E-state index is 12.0. The molecule has 1 amide bonds. The lowest BCUT2D eigenvalue weighted by Crippen LogP contribution is -2.33. The number of amides is 1. The van der Waals surface area contributed by atoms with Crippen molar-refractivity contribution in [2.75, 3.05) is 13.6 Å². The summed E-state index contributed by atoms with van der Waals surface area (Å²) < 4.78 is 37.2. The maximum atomic E-state index is 12.0. The van der Waals surface area contributed by atoms with Crippen LogP contribution in [0.2, 0.25) is 0 Å². The fourth-order valence-corrected chi connectivity index (χ4v) is 1.43. The third kappa shape index (κ3) is 4.65. The standard InChI is InChI=1S/C11H13F3N2O3/c1-15(6-4-11(12,13)14)9(17)7-16-5-2-3-8(16)10(18)19/h2-3,5H,4,6-7H2,1H3,(H,18,19). The molecule has 1 rings (SSSR count). The molecule has 0 unspecified atom stereocenters. The van der Waals surface area contributed by atoms with Crippen molar-refractivity contribution < 1.29 is 27.9 Å². The van der Waals surface area contributed by atoms with Gasteiger partial charge in [-0.25, -0.2) is 4.79 Å². The lowest BCUT2D eigenvalue weighted by atomic mass is 10.3. The highest BCUT2D eigenvalue weighted by Gasteiger charge is 2.28. The molecule has 0 saturated heterocycles. The molecule has 0 saturated carbocycles. The van der Waals surface area contributed by atoms with Crippen LogP contribution in [-0.4, -0.2) is 46.2 Å². The highest BCUT2D eigenvalue weighted by Crippen LogP contribution is 2.19. The number of hydrogen-bond acceptors (Lipinski definition) is 2. The van der Waals surface area contributed by atoms with Crippen LogP contribution in [0, 0.1) is 0 Å². The fraction of sp³-hybridized carbons (Fsp3) is 0.455. The summed E-state index contributed by atoms with van der Waals surface area (Å²) in [5, 5.41) is 8.82. The van der Waals surface area contributed by atoms with E-state index >= 15 is 0 Å². The lowest BCUT2D eigenvalue weighted by molar-refractivity contribution is -0.144. The molecule has 0 spiro atoms. The Bertz CT molecular complexity index is 468. The first-order valence-corrected chi connectivity index (χ1v) is 5.40. The SMILES string of the molecule is CN(CCC(F)(F)F)C(=O)Cn1cccc1C(=O)O. The number of carbonyl (C=O) groups is 2. The van der Waals surface area contributed by atoms with Gasteiger partial charge in [-0.05, 0) is 12.1 Å². The van der Waals surface area contributed by atoms with E-state index in [-0.39, 0.29) is 12.2 Å². The average molecular weight is 278 g/mol. The van der Waals surface area contributed by atoms with E-state index in [4.69, 9.17) is 5.11 Å². The van der Waals surface area contributed by atoms with E-state index < -0.39 is 31.0 Å². The summed E-state index contributed by atoms with van der Waals surface area (Å²) in [6.07, 6.45) is -4.03. The van der Waals surface area contributed by atoms with Gasteiger partial charge < -0.3 is 14.6 Å². The molecular weight excluding hydrogens is 265 g/mol. The fourth-order valence-electron chi connectivity index (χ4n) is 1.43. The highest BCUT2D eigenvalue weighted by atomic mass is 19.4. The van der Waals surface area contributed by atoms with Gasteiger partial charge in [0.05, 0.1) is 6.42 Å². The topological polar surface area (TPSA) is 62.5 Å². The summed E-state index contributed by atoms with van der Waals surface area (Å²) in [5.41, 5.74) is -0.0856. The van der Waals surface area contributed by atoms with Gasteiger partial charge in [0.25, 0.3) is 0 Å². The average Bonchev–Trinajstić information content (AvgIpc) is 2.72. The van der Waals surface area contributed by atoms with Crippen molar-refractivity contribution in [3.63, 3.8) is 0 Å². The summed E-state index contributed by atoms with van der Waals surface area (Å²) in [7, 11) is 1.25. The minimum absolute atomic E-state index is 0.0856. The van der Waals surface area contributed by atoms with E-state index in [1.807, 2.05) is 0 Å². The zero-order valence-electron chi connectivity index (χ0n) is 10.1. The molecule has 0 radical (unpaired) electrons. The number of aromatic nitrogens is 1. The first-order chi connectivity index (χ1) is 8.70. The van der Waals surface area contributed by atoms with E-state index in [1.54, 1.807) is 0 Å². The van der Waals surface area contributed by atoms with Crippen LogP contribution >= 0.6 is 0 Å². The Morgan fingerprint density at radius 2 is 2.05 bits per heavy atom. The zero-order chi connectivity index (χ0) is 14.6. The number of nitrogens with zero attached hydrogens (tertiary/aromatic N) is 2. The van der Waals surface area contributed by atoms with Crippen LogP contribution in [0.4, 0.5) is 13.2 Å². The molecule has 1 N–H and O–H groups in total. The van der Waals surface area contributed by atoms with Crippen LogP contribution < -0.4 is 0 Å². The van der Waals surface area contributed by atoms with Gasteiger partial charge in [0.1, 0.15) is 12.2 Å². The predicted octanol–water partition coefficient (Wildman–Crippen LogP) is 1.60. The zero-order valence-corrected chi connectivity index (χ0v) is 10.1. The number of carboxylic acid groups (broad SMARTS) is 1. The van der Waals surface area contributed by atoms with Crippen molar-refractivity contribution in [1.29, 1.82) is 0 Å². The van der Waals surface area contributed by atoms with E-state index in [9.17, 15) is 22.8 Å². The number of rotatable bonds is 5. The number of aromatic carboxylic acids is 1. The molecule has 0 atom stereocenters. The van der Waals surface area contributed by atoms with Gasteiger partial charge >= 0.3 is 12.1 Å². The molecule has 0 bridgehead atoms. The van der Waals surface area contributed by atoms with Crippen LogP contribution in [0.15, 0.2) is 18.3 Å². The van der Waals surface area contributed by atoms with Crippen molar-refractivity contribution in [3.8, 4) is 0 Å². The Labute approximate surface area is 107 Å². The Balaban J connectivity index is 2.59. The number of likely N-dealkylation sites (N-methyl/N-ethyl adjacent to an activating group) is 1. The minimum Gasteiger partial charge on any atom is -0.477 e. The summed E-state index contributed by atoms with van der Waals surface area (Å²) in [5.74, 6) is -1.78. The molecule has 19 heavy (non-hydrogen) atoms. The van der Waals surface area contributed by atoms with Crippen LogP contribution in [-0.2, 0) is 11.3 Å². The summed E-state index contributed by atoms with van der Waals surface area (Å²) in [6.45, 7) is -0.755. The van der Waals surface area contributed by atoms with Crippen LogP contribution in [0.1, 0.15) is 16.9 Å². The smallest absolute Gasteiger partial charge is 0.390 e. The van der Waals surface area contributed by atoms with Crippen molar-refractivity contribution in [2.24, 2.45) is 0 Å². The van der Waals surface area contributed by atoms with E-state index in [0.717, 1.165) is 4.90 Å². The van der Waals surface area contributed by atoms with Crippen molar-refractivity contribution in [2.45, 2.75) is 19.1 Å². The normalized spacial score (nSPS) is 11.4. The Kier molecular flexibility index (Phi) is 4.57. The molecular formula is C11H13F3N2O3. The molecule has 1 aromatic heterocycles. The van der Waals surface area contributed by atoms with Crippen molar-refractivity contribution in [1.82, 2.24) is 9.47 Å². The van der Waals surface area contributed by atoms with Crippen molar-refractivity contribution in [3.05, 3.63) is 24.0 Å². The molecule has 0 aliphatic heterocycles. The Morgan fingerprint density at radius 1 is 1.42 bits per heavy atom. The van der Waals surface area contributed by atoms with Gasteiger partial charge in [0, 0.05) is 19.8 Å². The number of carboxylic acids is 1. The molecule has 1 heterocycles. The van der Waals surface area contributed by atoms with Gasteiger partial charge in [0.2, 0.25) is 5.91 Å². The highest BCUT2D eigenvalue weighted by molar-refractivity contribution is 5.86. The van der Waals surface area contributed by atoms with Crippen LogP contribution in [0.5, 0.6) is 0 Å². The van der Waals surface area contributed by atoms with E-state index in [0.29, 0.717) is 0 Å². The second-order valence-corrected chi connectivity index (χ2v) is 4.01. The summed E-state index contributed by atoms with van der Waals surface area (Å²) in [6, 6.07) is 2.76. The van der Waals surface area contributed by atoms with Crippen LogP contribution in [0.25, 0.3) is 0 Å². The molecule has 5 nitrogen and oxygen atoms in total. The first kappa shape index (κ1) is 15.1. The predicted molar refractivity (Wildman–Crippen MR) is 59.7 cm³/mol. The van der Waals surface area contributed by atoms with Gasteiger partial charge in [-0.1, -0.05) is 0 Å². The quantitative estimate of drug-likeness (QED) is 0.889. The second-order valence-electron chi connectivity index (χ2n) is 4.01. The van der Waals surface area contributed by atoms with Gasteiger partial charge in [0.15, 0.2) is 0 Å². The van der Waals surface area contributed by atoms with Gasteiger partial charge in [-0.3, -0.25) is 4.79 Å². The molecule has 0 aromatic carbocycles. The van der Waals surface area contributed by atoms with Gasteiger partial charge in [-0.15, -0.1) is 0 Å². The summed E-state index contributed by atoms with van der Waals surface area (Å²) in [4.78, 5) is 23.4. The third-order valence-electron chi connectivity index (χ3n) is 2.51. The lowest BCUT2D eigenvalue weighted by Gasteiger charge is -2.18. The van der Waals surface area contributed by atoms with Crippen molar-refractivity contribution >= 4 is 11.9 Å². The number of hydrogen-bond donors (Lipinski definition) is 1. The Morgan fingerprint density at radius 3 is 2.58 bits per heavy atom. The molecule has 106 valence electrons. The number of halogens is 3. The molecule has 0 fully saturated rings. The number of alkyl halides is 3. The molecule has 0 aliphatic carbocycles. The largest absolute Gasteiger partial charge is 0.477 e. The second kappa shape index (κ2) is 5.77. The first-order valence-electron chi connectivity index (χ1n) is 5.40.